The number of rotatable bonds is 10. The van der Waals surface area contributed by atoms with E-state index in [0.717, 1.165) is 25.8 Å². The van der Waals surface area contributed by atoms with Gasteiger partial charge in [0.15, 0.2) is 0 Å². The van der Waals surface area contributed by atoms with Crippen LogP contribution in [0.4, 0.5) is 5.95 Å². The van der Waals surface area contributed by atoms with Crippen molar-refractivity contribution in [2.24, 2.45) is 0 Å². The summed E-state index contributed by atoms with van der Waals surface area (Å²) in [5.41, 5.74) is 0. The third-order valence-corrected chi connectivity index (χ3v) is 2.18. The third kappa shape index (κ3) is 6.03. The van der Waals surface area contributed by atoms with Gasteiger partial charge in [0.05, 0.1) is 13.2 Å². The molecule has 0 unspecified atom stereocenters. The van der Waals surface area contributed by atoms with E-state index < -0.39 is 0 Å². The molecule has 0 saturated heterocycles. The number of hydrogen-bond donors (Lipinski definition) is 1. The second kappa shape index (κ2) is 9.13. The van der Waals surface area contributed by atoms with Crippen molar-refractivity contribution in [3.8, 4) is 12.0 Å². The van der Waals surface area contributed by atoms with Gasteiger partial charge >= 0.3 is 12.0 Å². The van der Waals surface area contributed by atoms with Crippen molar-refractivity contribution in [2.75, 3.05) is 25.1 Å². The van der Waals surface area contributed by atoms with Crippen LogP contribution in [0.3, 0.4) is 0 Å². The third-order valence-electron chi connectivity index (χ3n) is 2.18. The quantitative estimate of drug-likeness (QED) is 0.518. The Bertz CT molecular complexity index is 385. The zero-order chi connectivity index (χ0) is 13.9. The van der Waals surface area contributed by atoms with Crippen molar-refractivity contribution in [3.63, 3.8) is 0 Å². The van der Waals surface area contributed by atoms with E-state index in [4.69, 9.17) is 9.47 Å². The van der Waals surface area contributed by atoms with Crippen LogP contribution >= 0.6 is 0 Å². The molecule has 1 aromatic heterocycles. The van der Waals surface area contributed by atoms with Crippen LogP contribution in [0.2, 0.25) is 0 Å². The highest BCUT2D eigenvalue weighted by molar-refractivity contribution is 5.27. The van der Waals surface area contributed by atoms with E-state index in [1.54, 1.807) is 0 Å². The fourth-order valence-electron chi connectivity index (χ4n) is 1.30. The predicted molar refractivity (Wildman–Crippen MR) is 74.7 cm³/mol. The van der Waals surface area contributed by atoms with Crippen molar-refractivity contribution < 1.29 is 9.47 Å². The van der Waals surface area contributed by atoms with Crippen molar-refractivity contribution in [2.45, 2.75) is 33.1 Å². The molecule has 0 spiro atoms. The maximum atomic E-state index is 5.49. The molecule has 106 valence electrons. The SMILES string of the molecule is C=CCCCOc1nc(NCCC)nc(OCC)n1. The fraction of sp³-hybridized carbons (Fsp3) is 0.615. The number of anilines is 1. The summed E-state index contributed by atoms with van der Waals surface area (Å²) >= 11 is 0. The molecule has 1 aromatic rings. The first kappa shape index (κ1) is 15.2. The number of allylic oxidation sites excluding steroid dienone is 1. The largest absolute Gasteiger partial charge is 0.464 e. The molecule has 1 heterocycles. The van der Waals surface area contributed by atoms with Gasteiger partial charge in [0.1, 0.15) is 0 Å². The smallest absolute Gasteiger partial charge is 0.324 e. The van der Waals surface area contributed by atoms with Crippen molar-refractivity contribution in [1.29, 1.82) is 0 Å². The molecule has 0 radical (unpaired) electrons. The second-order valence-electron chi connectivity index (χ2n) is 3.86. The Morgan fingerprint density at radius 2 is 1.89 bits per heavy atom. The highest BCUT2D eigenvalue weighted by Crippen LogP contribution is 2.13. The normalized spacial score (nSPS) is 10.0. The molecule has 0 fully saturated rings. The van der Waals surface area contributed by atoms with E-state index in [9.17, 15) is 0 Å². The number of hydrogen-bond acceptors (Lipinski definition) is 6. The van der Waals surface area contributed by atoms with Gasteiger partial charge in [-0.15, -0.1) is 11.6 Å². The molecular formula is C13H22N4O2. The zero-order valence-electron chi connectivity index (χ0n) is 11.7. The molecule has 0 aliphatic rings. The molecule has 0 amide bonds. The molecule has 0 bridgehead atoms. The molecule has 6 nitrogen and oxygen atoms in total. The van der Waals surface area contributed by atoms with Crippen molar-refractivity contribution in [1.82, 2.24) is 15.0 Å². The summed E-state index contributed by atoms with van der Waals surface area (Å²) in [6.45, 7) is 9.48. The van der Waals surface area contributed by atoms with Gasteiger partial charge in [0, 0.05) is 6.54 Å². The summed E-state index contributed by atoms with van der Waals surface area (Å²) < 4.78 is 10.8. The average molecular weight is 266 g/mol. The van der Waals surface area contributed by atoms with Gasteiger partial charge in [-0.3, -0.25) is 0 Å². The van der Waals surface area contributed by atoms with Gasteiger partial charge in [-0.05, 0) is 26.2 Å². The van der Waals surface area contributed by atoms with Crippen LogP contribution in [-0.2, 0) is 0 Å². The lowest BCUT2D eigenvalue weighted by molar-refractivity contribution is 0.267. The van der Waals surface area contributed by atoms with E-state index in [1.165, 1.54) is 0 Å². The number of aromatic nitrogens is 3. The lowest BCUT2D eigenvalue weighted by Gasteiger charge is -2.08. The van der Waals surface area contributed by atoms with Gasteiger partial charge in [-0.2, -0.15) is 9.97 Å². The van der Waals surface area contributed by atoms with Gasteiger partial charge in [-0.1, -0.05) is 13.0 Å². The zero-order valence-corrected chi connectivity index (χ0v) is 11.7. The first-order valence-corrected chi connectivity index (χ1v) is 6.66. The minimum absolute atomic E-state index is 0.287. The Morgan fingerprint density at radius 1 is 1.16 bits per heavy atom. The molecule has 19 heavy (non-hydrogen) atoms. The molecular weight excluding hydrogens is 244 g/mol. The van der Waals surface area contributed by atoms with Crippen LogP contribution in [0, 0.1) is 0 Å². The molecule has 0 saturated carbocycles. The van der Waals surface area contributed by atoms with Crippen molar-refractivity contribution >= 4 is 5.95 Å². The Hall–Kier alpha value is -1.85. The van der Waals surface area contributed by atoms with E-state index in [0.29, 0.717) is 25.2 Å². The Morgan fingerprint density at radius 3 is 2.53 bits per heavy atom. The number of nitrogens with one attached hydrogen (secondary N) is 1. The van der Waals surface area contributed by atoms with Crippen LogP contribution in [0.5, 0.6) is 12.0 Å². The standard InChI is InChI=1S/C13H22N4O2/c1-4-7-8-10-19-13-16-11(14-9-5-2)15-12(17-13)18-6-3/h4H,1,5-10H2,2-3H3,(H,14,15,16,17). The number of unbranched alkanes of at least 4 members (excludes halogenated alkanes) is 1. The summed E-state index contributed by atoms with van der Waals surface area (Å²) in [5, 5.41) is 3.10. The first-order chi connectivity index (χ1) is 9.30. The Balaban J connectivity index is 2.65. The predicted octanol–water partition coefficient (Wildman–Crippen LogP) is 2.44. The van der Waals surface area contributed by atoms with Gasteiger partial charge in [0.2, 0.25) is 5.95 Å². The average Bonchev–Trinajstić information content (AvgIpc) is 2.42. The molecule has 6 heteroatoms. The Kier molecular flexibility index (Phi) is 7.31. The number of ether oxygens (including phenoxy) is 2. The first-order valence-electron chi connectivity index (χ1n) is 6.66. The molecule has 0 aliphatic carbocycles. The Labute approximate surface area is 114 Å². The van der Waals surface area contributed by atoms with E-state index in [-0.39, 0.29) is 6.01 Å². The molecule has 0 atom stereocenters. The van der Waals surface area contributed by atoms with Crippen LogP contribution in [0.25, 0.3) is 0 Å². The summed E-state index contributed by atoms with van der Waals surface area (Å²) in [7, 11) is 0. The highest BCUT2D eigenvalue weighted by atomic mass is 16.5. The summed E-state index contributed by atoms with van der Waals surface area (Å²) in [5.74, 6) is 0.485. The van der Waals surface area contributed by atoms with Crippen LogP contribution in [-0.4, -0.2) is 34.7 Å². The molecule has 1 rings (SSSR count). The van der Waals surface area contributed by atoms with Crippen LogP contribution in [0.15, 0.2) is 12.7 Å². The summed E-state index contributed by atoms with van der Waals surface area (Å²) in [4.78, 5) is 12.4. The van der Waals surface area contributed by atoms with Crippen molar-refractivity contribution in [3.05, 3.63) is 12.7 Å². The minimum atomic E-state index is 0.287. The summed E-state index contributed by atoms with van der Waals surface area (Å²) in [6, 6.07) is 0.580. The van der Waals surface area contributed by atoms with Crippen LogP contribution < -0.4 is 14.8 Å². The maximum Gasteiger partial charge on any atom is 0.324 e. The second-order valence-corrected chi connectivity index (χ2v) is 3.86. The lowest BCUT2D eigenvalue weighted by atomic mass is 10.3. The van der Waals surface area contributed by atoms with E-state index >= 15 is 0 Å². The lowest BCUT2D eigenvalue weighted by Crippen LogP contribution is -2.10. The van der Waals surface area contributed by atoms with E-state index in [1.807, 2.05) is 13.0 Å². The topological polar surface area (TPSA) is 69.2 Å². The monoisotopic (exact) mass is 266 g/mol. The molecule has 0 aliphatic heterocycles. The van der Waals surface area contributed by atoms with E-state index in [2.05, 4.69) is 33.8 Å². The summed E-state index contributed by atoms with van der Waals surface area (Å²) in [6.07, 6.45) is 4.64. The highest BCUT2D eigenvalue weighted by Gasteiger charge is 2.07. The molecule has 1 N–H and O–H groups in total. The minimum Gasteiger partial charge on any atom is -0.464 e. The maximum absolute atomic E-state index is 5.49. The fourth-order valence-corrected chi connectivity index (χ4v) is 1.30. The van der Waals surface area contributed by atoms with Gasteiger partial charge in [-0.25, -0.2) is 0 Å². The number of nitrogens with zero attached hydrogens (tertiary/aromatic N) is 3. The van der Waals surface area contributed by atoms with Crippen LogP contribution in [0.1, 0.15) is 33.1 Å². The van der Waals surface area contributed by atoms with Gasteiger partial charge < -0.3 is 14.8 Å². The molecule has 0 aromatic carbocycles. The van der Waals surface area contributed by atoms with Gasteiger partial charge in [0.25, 0.3) is 0 Å².